The molecular formula is C11H6ClNS2. The summed E-state index contributed by atoms with van der Waals surface area (Å²) in [5, 5.41) is 15.4. The molecule has 74 valence electrons. The van der Waals surface area contributed by atoms with Gasteiger partial charge in [0.05, 0.1) is 10.6 Å². The Morgan fingerprint density at radius 3 is 2.73 bits per heavy atom. The first-order valence-electron chi connectivity index (χ1n) is 4.19. The molecule has 2 aromatic rings. The Balaban J connectivity index is 2.51. The zero-order valence-electron chi connectivity index (χ0n) is 7.61. The van der Waals surface area contributed by atoms with Crippen LogP contribution in [0, 0.1) is 11.3 Å². The lowest BCUT2D eigenvalue weighted by Gasteiger charge is -1.98. The zero-order chi connectivity index (χ0) is 10.7. The molecule has 0 amide bonds. The number of halogens is 1. The lowest BCUT2D eigenvalue weighted by Crippen LogP contribution is -1.79. The van der Waals surface area contributed by atoms with Crippen LogP contribution in [0.3, 0.4) is 0 Å². The van der Waals surface area contributed by atoms with Crippen LogP contribution in [0.25, 0.3) is 10.6 Å². The molecule has 2 heterocycles. The molecular weight excluding hydrogens is 246 g/mol. The highest BCUT2D eigenvalue weighted by Gasteiger charge is 2.10. The summed E-state index contributed by atoms with van der Waals surface area (Å²) in [6, 6.07) is 7.88. The van der Waals surface area contributed by atoms with Gasteiger partial charge in [-0.2, -0.15) is 16.6 Å². The van der Waals surface area contributed by atoms with E-state index in [2.05, 4.69) is 6.07 Å². The molecule has 4 heteroatoms. The van der Waals surface area contributed by atoms with Crippen LogP contribution in [0.5, 0.6) is 0 Å². The maximum atomic E-state index is 9.08. The van der Waals surface area contributed by atoms with Gasteiger partial charge in [-0.25, -0.2) is 0 Å². The minimum absolute atomic E-state index is 0.529. The summed E-state index contributed by atoms with van der Waals surface area (Å²) < 4.78 is 0. The predicted octanol–water partition coefficient (Wildman–Crippen LogP) is 4.44. The number of thiophene rings is 2. The molecule has 0 aliphatic carbocycles. The van der Waals surface area contributed by atoms with Crippen molar-refractivity contribution in [1.82, 2.24) is 0 Å². The van der Waals surface area contributed by atoms with Gasteiger partial charge in [-0.3, -0.25) is 0 Å². The molecule has 0 aliphatic rings. The van der Waals surface area contributed by atoms with E-state index in [0.29, 0.717) is 10.6 Å². The van der Waals surface area contributed by atoms with Crippen molar-refractivity contribution in [3.8, 4) is 6.07 Å². The summed E-state index contributed by atoms with van der Waals surface area (Å²) in [6.45, 7) is 0. The second kappa shape index (κ2) is 4.63. The lowest BCUT2D eigenvalue weighted by molar-refractivity contribution is 1.54. The second-order valence-corrected chi connectivity index (χ2v) is 4.90. The first-order chi connectivity index (χ1) is 7.33. The molecule has 2 aromatic heterocycles. The minimum atomic E-state index is 0.529. The third kappa shape index (κ3) is 2.13. The van der Waals surface area contributed by atoms with E-state index in [1.54, 1.807) is 11.3 Å². The Morgan fingerprint density at radius 2 is 2.20 bits per heavy atom. The van der Waals surface area contributed by atoms with Crippen molar-refractivity contribution >= 4 is 44.9 Å². The SMILES string of the molecule is N#CC(=C(Cl)c1ccsc1)c1cccs1. The molecule has 15 heavy (non-hydrogen) atoms. The molecule has 0 unspecified atom stereocenters. The Hall–Kier alpha value is -1.08. The summed E-state index contributed by atoms with van der Waals surface area (Å²) in [5.74, 6) is 0. The van der Waals surface area contributed by atoms with Gasteiger partial charge in [0.15, 0.2) is 0 Å². The molecule has 0 bridgehead atoms. The third-order valence-corrected chi connectivity index (χ3v) is 3.85. The van der Waals surface area contributed by atoms with E-state index < -0.39 is 0 Å². The second-order valence-electron chi connectivity index (χ2n) is 2.79. The monoisotopic (exact) mass is 251 g/mol. The number of nitriles is 1. The van der Waals surface area contributed by atoms with E-state index in [9.17, 15) is 0 Å². The average molecular weight is 252 g/mol. The van der Waals surface area contributed by atoms with E-state index >= 15 is 0 Å². The van der Waals surface area contributed by atoms with Gasteiger partial charge in [0.25, 0.3) is 0 Å². The normalized spacial score (nSPS) is 12.0. The fourth-order valence-corrected chi connectivity index (χ4v) is 2.92. The van der Waals surface area contributed by atoms with Gasteiger partial charge in [-0.1, -0.05) is 17.7 Å². The van der Waals surface area contributed by atoms with Gasteiger partial charge in [-0.05, 0) is 28.3 Å². The topological polar surface area (TPSA) is 23.8 Å². The summed E-state index contributed by atoms with van der Waals surface area (Å²) in [6.07, 6.45) is 0. The summed E-state index contributed by atoms with van der Waals surface area (Å²) in [5.41, 5.74) is 1.46. The van der Waals surface area contributed by atoms with Crippen LogP contribution >= 0.6 is 34.3 Å². The van der Waals surface area contributed by atoms with Crippen LogP contribution in [0.15, 0.2) is 34.3 Å². The molecule has 0 N–H and O–H groups in total. The first-order valence-corrected chi connectivity index (χ1v) is 6.39. The molecule has 0 saturated heterocycles. The van der Waals surface area contributed by atoms with Gasteiger partial charge < -0.3 is 0 Å². The van der Waals surface area contributed by atoms with Crippen LogP contribution in [0.1, 0.15) is 10.4 Å². The van der Waals surface area contributed by atoms with Crippen molar-refractivity contribution in [2.75, 3.05) is 0 Å². The molecule has 0 aromatic carbocycles. The van der Waals surface area contributed by atoms with Gasteiger partial charge in [0.1, 0.15) is 6.07 Å². The van der Waals surface area contributed by atoms with Crippen LogP contribution in [0.2, 0.25) is 0 Å². The highest BCUT2D eigenvalue weighted by atomic mass is 35.5. The van der Waals surface area contributed by atoms with Gasteiger partial charge in [0.2, 0.25) is 0 Å². The smallest absolute Gasteiger partial charge is 0.102 e. The van der Waals surface area contributed by atoms with Crippen molar-refractivity contribution in [1.29, 1.82) is 5.26 Å². The van der Waals surface area contributed by atoms with Crippen molar-refractivity contribution in [2.24, 2.45) is 0 Å². The van der Waals surface area contributed by atoms with Crippen LogP contribution in [-0.4, -0.2) is 0 Å². The molecule has 0 spiro atoms. The van der Waals surface area contributed by atoms with Crippen LogP contribution < -0.4 is 0 Å². The summed E-state index contributed by atoms with van der Waals surface area (Å²) in [4.78, 5) is 0.911. The molecule has 0 saturated carbocycles. The van der Waals surface area contributed by atoms with Crippen LogP contribution in [0.4, 0.5) is 0 Å². The molecule has 2 rings (SSSR count). The number of hydrogen-bond acceptors (Lipinski definition) is 3. The summed E-state index contributed by atoms with van der Waals surface area (Å²) >= 11 is 9.26. The van der Waals surface area contributed by atoms with E-state index in [0.717, 1.165) is 10.4 Å². The summed E-state index contributed by atoms with van der Waals surface area (Å²) in [7, 11) is 0. The first kappa shape index (κ1) is 10.4. The number of rotatable bonds is 2. The maximum Gasteiger partial charge on any atom is 0.102 e. The fourth-order valence-electron chi connectivity index (χ4n) is 1.17. The standard InChI is InChI=1S/C11H6ClNS2/c12-11(8-3-5-14-7-8)9(6-13)10-2-1-4-15-10/h1-5,7H. The number of nitrogens with zero attached hydrogens (tertiary/aromatic N) is 1. The predicted molar refractivity (Wildman–Crippen MR) is 66.9 cm³/mol. The van der Waals surface area contributed by atoms with Gasteiger partial charge in [0, 0.05) is 10.4 Å². The van der Waals surface area contributed by atoms with E-state index in [4.69, 9.17) is 16.9 Å². The van der Waals surface area contributed by atoms with E-state index in [1.807, 2.05) is 34.3 Å². The van der Waals surface area contributed by atoms with Gasteiger partial charge in [-0.15, -0.1) is 11.3 Å². The Labute approximate surface area is 101 Å². The quantitative estimate of drug-likeness (QED) is 0.724. The minimum Gasteiger partial charge on any atom is -0.192 e. The highest BCUT2D eigenvalue weighted by Crippen LogP contribution is 2.32. The lowest BCUT2D eigenvalue weighted by atomic mass is 10.1. The largest absolute Gasteiger partial charge is 0.192 e. The average Bonchev–Trinajstić information content (AvgIpc) is 2.91. The zero-order valence-corrected chi connectivity index (χ0v) is 9.99. The van der Waals surface area contributed by atoms with Crippen molar-refractivity contribution in [2.45, 2.75) is 0 Å². The van der Waals surface area contributed by atoms with Crippen molar-refractivity contribution in [3.05, 3.63) is 44.8 Å². The Bertz CT molecular complexity index is 503. The number of hydrogen-bond donors (Lipinski definition) is 0. The number of allylic oxidation sites excluding steroid dienone is 1. The third-order valence-electron chi connectivity index (χ3n) is 1.87. The molecule has 0 fully saturated rings. The van der Waals surface area contributed by atoms with Gasteiger partial charge >= 0.3 is 0 Å². The molecule has 0 atom stereocenters. The molecule has 1 nitrogen and oxygen atoms in total. The highest BCUT2D eigenvalue weighted by molar-refractivity contribution is 7.11. The van der Waals surface area contributed by atoms with Crippen LogP contribution in [-0.2, 0) is 0 Å². The van der Waals surface area contributed by atoms with Crippen molar-refractivity contribution in [3.63, 3.8) is 0 Å². The Morgan fingerprint density at radius 1 is 1.33 bits per heavy atom. The fraction of sp³-hybridized carbons (Fsp3) is 0. The van der Waals surface area contributed by atoms with Crippen molar-refractivity contribution < 1.29 is 0 Å². The van der Waals surface area contributed by atoms with E-state index in [1.165, 1.54) is 11.3 Å². The molecule has 0 radical (unpaired) electrons. The Kier molecular flexibility index (Phi) is 3.22. The maximum absolute atomic E-state index is 9.08. The van der Waals surface area contributed by atoms with E-state index in [-0.39, 0.29) is 0 Å². The molecule has 0 aliphatic heterocycles.